The summed E-state index contributed by atoms with van der Waals surface area (Å²) in [5.41, 5.74) is 4.32. The molecule has 0 atom stereocenters. The SMILES string of the molecule is CCCCc1ccc(NC(=O)N2CCCN(c3nc4ccc(Cl)cc4s3)CC2)c(C)c1. The van der Waals surface area contributed by atoms with Gasteiger partial charge in [0, 0.05) is 36.9 Å². The van der Waals surface area contributed by atoms with E-state index in [1.165, 1.54) is 18.4 Å². The Morgan fingerprint density at radius 3 is 2.84 bits per heavy atom. The summed E-state index contributed by atoms with van der Waals surface area (Å²) in [5, 5.41) is 4.84. The number of unbranched alkanes of at least 4 members (excludes halogenated alkanes) is 1. The number of nitrogens with one attached hydrogen (secondary N) is 1. The summed E-state index contributed by atoms with van der Waals surface area (Å²) in [6, 6.07) is 12.1. The van der Waals surface area contributed by atoms with Crippen molar-refractivity contribution in [3.05, 3.63) is 52.5 Å². The van der Waals surface area contributed by atoms with Crippen LogP contribution < -0.4 is 10.2 Å². The molecule has 0 unspecified atom stereocenters. The molecule has 1 fully saturated rings. The molecule has 1 saturated heterocycles. The maximum absolute atomic E-state index is 12.9. The Kier molecular flexibility index (Phi) is 6.98. The number of benzene rings is 2. The van der Waals surface area contributed by atoms with Crippen LogP contribution in [0.25, 0.3) is 10.2 Å². The van der Waals surface area contributed by atoms with Crippen molar-refractivity contribution < 1.29 is 4.79 Å². The number of fused-ring (bicyclic) bond motifs is 1. The summed E-state index contributed by atoms with van der Waals surface area (Å²) >= 11 is 7.78. The molecule has 5 nitrogen and oxygen atoms in total. The van der Waals surface area contributed by atoms with Gasteiger partial charge in [-0.15, -0.1) is 0 Å². The first-order valence-corrected chi connectivity index (χ1v) is 12.2. The number of carbonyl (C=O) groups is 1. The number of hydrogen-bond acceptors (Lipinski definition) is 4. The quantitative estimate of drug-likeness (QED) is 0.487. The zero-order chi connectivity index (χ0) is 21.8. The minimum absolute atomic E-state index is 0.0256. The van der Waals surface area contributed by atoms with Crippen LogP contribution in [0.15, 0.2) is 36.4 Å². The van der Waals surface area contributed by atoms with E-state index in [0.717, 1.165) is 64.1 Å². The second kappa shape index (κ2) is 9.88. The van der Waals surface area contributed by atoms with E-state index in [-0.39, 0.29) is 6.03 Å². The number of aryl methyl sites for hydroxylation is 2. The van der Waals surface area contributed by atoms with Crippen LogP contribution in [0.5, 0.6) is 0 Å². The maximum atomic E-state index is 12.9. The van der Waals surface area contributed by atoms with E-state index in [0.29, 0.717) is 6.54 Å². The Bertz CT molecular complexity index is 1070. The van der Waals surface area contributed by atoms with Gasteiger partial charge in [-0.05, 0) is 61.6 Å². The molecular weight excluding hydrogens is 428 g/mol. The second-order valence-electron chi connectivity index (χ2n) is 8.12. The van der Waals surface area contributed by atoms with Crippen molar-refractivity contribution in [3.63, 3.8) is 0 Å². The summed E-state index contributed by atoms with van der Waals surface area (Å²) in [7, 11) is 0. The molecule has 0 aliphatic carbocycles. The van der Waals surface area contributed by atoms with Crippen molar-refractivity contribution >= 4 is 50.0 Å². The smallest absolute Gasteiger partial charge is 0.321 e. The molecule has 1 aliphatic rings. The highest BCUT2D eigenvalue weighted by atomic mass is 35.5. The monoisotopic (exact) mass is 456 g/mol. The largest absolute Gasteiger partial charge is 0.346 e. The summed E-state index contributed by atoms with van der Waals surface area (Å²) in [5.74, 6) is 0. The van der Waals surface area contributed by atoms with E-state index in [1.54, 1.807) is 11.3 Å². The normalized spacial score (nSPS) is 14.7. The van der Waals surface area contributed by atoms with E-state index in [2.05, 4.69) is 36.2 Å². The van der Waals surface area contributed by atoms with Crippen LogP contribution in [0.4, 0.5) is 15.6 Å². The minimum Gasteiger partial charge on any atom is -0.346 e. The van der Waals surface area contributed by atoms with Gasteiger partial charge in [0.05, 0.1) is 10.2 Å². The topological polar surface area (TPSA) is 48.5 Å². The lowest BCUT2D eigenvalue weighted by Crippen LogP contribution is -2.38. The van der Waals surface area contributed by atoms with Crippen molar-refractivity contribution in [1.82, 2.24) is 9.88 Å². The number of amides is 2. The molecular formula is C24H29ClN4OS. The molecule has 2 heterocycles. The lowest BCUT2D eigenvalue weighted by atomic mass is 10.0. The summed E-state index contributed by atoms with van der Waals surface area (Å²) < 4.78 is 1.10. The molecule has 1 N–H and O–H groups in total. The fourth-order valence-corrected chi connectivity index (χ4v) is 5.22. The van der Waals surface area contributed by atoms with Gasteiger partial charge in [0.2, 0.25) is 0 Å². The van der Waals surface area contributed by atoms with Crippen LogP contribution in [-0.4, -0.2) is 42.1 Å². The molecule has 7 heteroatoms. The number of nitrogens with zero attached hydrogens (tertiary/aromatic N) is 3. The van der Waals surface area contributed by atoms with Crippen LogP contribution in [0, 0.1) is 6.92 Å². The van der Waals surface area contributed by atoms with Crippen molar-refractivity contribution in [1.29, 1.82) is 0 Å². The molecule has 2 aromatic carbocycles. The van der Waals surface area contributed by atoms with E-state index in [1.807, 2.05) is 29.2 Å². The number of halogens is 1. The number of thiazole rings is 1. The van der Waals surface area contributed by atoms with Gasteiger partial charge in [0.1, 0.15) is 0 Å². The third-order valence-corrected chi connectivity index (χ3v) is 7.06. The predicted molar refractivity (Wildman–Crippen MR) is 132 cm³/mol. The lowest BCUT2D eigenvalue weighted by Gasteiger charge is -2.22. The lowest BCUT2D eigenvalue weighted by molar-refractivity contribution is 0.215. The molecule has 0 spiro atoms. The first-order valence-electron chi connectivity index (χ1n) is 11.0. The van der Waals surface area contributed by atoms with E-state index >= 15 is 0 Å². The van der Waals surface area contributed by atoms with Crippen molar-refractivity contribution in [2.75, 3.05) is 36.4 Å². The fraction of sp³-hybridized carbons (Fsp3) is 0.417. The van der Waals surface area contributed by atoms with Crippen LogP contribution in [0.3, 0.4) is 0 Å². The van der Waals surface area contributed by atoms with Crippen molar-refractivity contribution in [2.24, 2.45) is 0 Å². The van der Waals surface area contributed by atoms with Gasteiger partial charge in [-0.3, -0.25) is 0 Å². The van der Waals surface area contributed by atoms with Gasteiger partial charge < -0.3 is 15.1 Å². The number of urea groups is 1. The predicted octanol–water partition coefficient (Wildman–Crippen LogP) is 6.34. The Morgan fingerprint density at radius 1 is 1.16 bits per heavy atom. The van der Waals surface area contributed by atoms with Gasteiger partial charge in [0.15, 0.2) is 5.13 Å². The number of anilines is 2. The average molecular weight is 457 g/mol. The summed E-state index contributed by atoms with van der Waals surface area (Å²) in [6.07, 6.45) is 4.38. The molecule has 31 heavy (non-hydrogen) atoms. The highest BCUT2D eigenvalue weighted by Gasteiger charge is 2.21. The molecule has 0 radical (unpaired) electrons. The Balaban J connectivity index is 1.38. The highest BCUT2D eigenvalue weighted by Crippen LogP contribution is 2.31. The van der Waals surface area contributed by atoms with Gasteiger partial charge in [0.25, 0.3) is 0 Å². The summed E-state index contributed by atoms with van der Waals surface area (Å²) in [6.45, 7) is 7.35. The molecule has 4 rings (SSSR count). The molecule has 0 bridgehead atoms. The Hall–Kier alpha value is -2.31. The molecule has 1 aromatic heterocycles. The zero-order valence-electron chi connectivity index (χ0n) is 18.2. The van der Waals surface area contributed by atoms with E-state index < -0.39 is 0 Å². The molecule has 1 aliphatic heterocycles. The molecule has 0 saturated carbocycles. The highest BCUT2D eigenvalue weighted by molar-refractivity contribution is 7.22. The molecule has 164 valence electrons. The number of rotatable bonds is 5. The van der Waals surface area contributed by atoms with Gasteiger partial charge >= 0.3 is 6.03 Å². The number of hydrogen-bond donors (Lipinski definition) is 1. The third-order valence-electron chi connectivity index (χ3n) is 5.74. The van der Waals surface area contributed by atoms with Gasteiger partial charge in [-0.2, -0.15) is 0 Å². The van der Waals surface area contributed by atoms with Crippen LogP contribution in [0.2, 0.25) is 5.02 Å². The minimum atomic E-state index is -0.0256. The standard InChI is InChI=1S/C24H29ClN4OS/c1-3-4-6-18-7-9-20(17(2)15-18)26-23(30)28-11-5-12-29(14-13-28)24-27-21-10-8-19(25)16-22(21)31-24/h7-10,15-16H,3-6,11-14H2,1-2H3,(H,26,30). The van der Waals surface area contributed by atoms with Crippen molar-refractivity contribution in [2.45, 2.75) is 39.5 Å². The first kappa shape index (κ1) is 21.9. The first-order chi connectivity index (χ1) is 15.0. The van der Waals surface area contributed by atoms with Gasteiger partial charge in [-0.25, -0.2) is 9.78 Å². The number of carbonyl (C=O) groups excluding carboxylic acids is 1. The second-order valence-corrected chi connectivity index (χ2v) is 9.56. The molecule has 3 aromatic rings. The van der Waals surface area contributed by atoms with Crippen LogP contribution in [0.1, 0.15) is 37.3 Å². The average Bonchev–Trinajstić information content (AvgIpc) is 3.01. The zero-order valence-corrected chi connectivity index (χ0v) is 19.7. The number of aromatic nitrogens is 1. The Morgan fingerprint density at radius 2 is 2.03 bits per heavy atom. The van der Waals surface area contributed by atoms with E-state index in [9.17, 15) is 4.79 Å². The third kappa shape index (κ3) is 5.31. The van der Waals surface area contributed by atoms with E-state index in [4.69, 9.17) is 16.6 Å². The Labute approximate surface area is 193 Å². The fourth-order valence-electron chi connectivity index (χ4n) is 3.93. The molecule has 2 amide bonds. The van der Waals surface area contributed by atoms with Gasteiger partial charge in [-0.1, -0.05) is 48.4 Å². The van der Waals surface area contributed by atoms with Crippen LogP contribution in [-0.2, 0) is 6.42 Å². The van der Waals surface area contributed by atoms with Crippen molar-refractivity contribution in [3.8, 4) is 0 Å². The van der Waals surface area contributed by atoms with Crippen LogP contribution >= 0.6 is 22.9 Å². The maximum Gasteiger partial charge on any atom is 0.321 e. The summed E-state index contributed by atoms with van der Waals surface area (Å²) in [4.78, 5) is 21.9.